The van der Waals surface area contributed by atoms with Crippen LogP contribution in [0.3, 0.4) is 0 Å². The maximum Gasteiger partial charge on any atom is 0.261 e. The van der Waals surface area contributed by atoms with Gasteiger partial charge in [0.1, 0.15) is 11.5 Å². The van der Waals surface area contributed by atoms with Gasteiger partial charge in [0.15, 0.2) is 6.10 Å². The van der Waals surface area contributed by atoms with Crippen molar-refractivity contribution in [3.63, 3.8) is 0 Å². The number of benzene rings is 2. The number of carbonyl (C=O) groups excluding carboxylic acids is 1. The van der Waals surface area contributed by atoms with Gasteiger partial charge in [-0.1, -0.05) is 30.3 Å². The van der Waals surface area contributed by atoms with Crippen molar-refractivity contribution in [2.24, 2.45) is 0 Å². The van der Waals surface area contributed by atoms with Crippen LogP contribution in [-0.4, -0.2) is 44.7 Å². The third-order valence-electron chi connectivity index (χ3n) is 3.81. The highest BCUT2D eigenvalue weighted by Gasteiger charge is 2.20. The van der Waals surface area contributed by atoms with E-state index in [0.29, 0.717) is 12.3 Å². The van der Waals surface area contributed by atoms with Gasteiger partial charge in [0, 0.05) is 6.54 Å². The van der Waals surface area contributed by atoms with Crippen LogP contribution in [-0.2, 0) is 4.79 Å². The molecule has 0 aliphatic carbocycles. The summed E-state index contributed by atoms with van der Waals surface area (Å²) < 4.78 is 10.9. The molecule has 5 heteroatoms. The maximum absolute atomic E-state index is 12.6. The molecule has 134 valence electrons. The van der Waals surface area contributed by atoms with E-state index < -0.39 is 6.10 Å². The summed E-state index contributed by atoms with van der Waals surface area (Å²) in [5.41, 5.74) is 1.07. The number of methoxy groups -OCH3 is 1. The molecule has 0 saturated heterocycles. The van der Waals surface area contributed by atoms with E-state index in [4.69, 9.17) is 9.47 Å². The average molecular weight is 342 g/mol. The Morgan fingerprint density at radius 2 is 1.64 bits per heavy atom. The minimum absolute atomic E-state index is 0.0920. The lowest BCUT2D eigenvalue weighted by Gasteiger charge is -2.24. The molecule has 2 rings (SSSR count). The van der Waals surface area contributed by atoms with E-state index in [2.05, 4.69) is 5.32 Å². The van der Waals surface area contributed by atoms with Gasteiger partial charge in [-0.15, -0.1) is 0 Å². The molecular weight excluding hydrogens is 316 g/mol. The van der Waals surface area contributed by atoms with Gasteiger partial charge in [-0.3, -0.25) is 4.79 Å². The van der Waals surface area contributed by atoms with Crippen LogP contribution in [0.5, 0.6) is 11.5 Å². The Kier molecular flexibility index (Phi) is 6.83. The van der Waals surface area contributed by atoms with E-state index in [0.717, 1.165) is 11.3 Å². The number of likely N-dealkylation sites (N-methyl/N-ethyl adjacent to an activating group) is 1. The van der Waals surface area contributed by atoms with Crippen LogP contribution in [0, 0.1) is 0 Å². The maximum atomic E-state index is 12.6. The Bertz CT molecular complexity index is 656. The Labute approximate surface area is 149 Å². The van der Waals surface area contributed by atoms with Gasteiger partial charge in [-0.25, -0.2) is 0 Å². The summed E-state index contributed by atoms with van der Waals surface area (Å²) in [6, 6.07) is 17.0. The third-order valence-corrected chi connectivity index (χ3v) is 3.81. The molecule has 0 heterocycles. The van der Waals surface area contributed by atoms with Crippen molar-refractivity contribution in [2.75, 3.05) is 27.7 Å². The molecule has 0 fully saturated rings. The third kappa shape index (κ3) is 5.80. The van der Waals surface area contributed by atoms with Crippen LogP contribution in [0.4, 0.5) is 0 Å². The first kappa shape index (κ1) is 18.8. The fourth-order valence-electron chi connectivity index (χ4n) is 2.49. The van der Waals surface area contributed by atoms with Crippen molar-refractivity contribution < 1.29 is 14.3 Å². The van der Waals surface area contributed by atoms with Crippen LogP contribution in [0.25, 0.3) is 0 Å². The van der Waals surface area contributed by atoms with E-state index in [1.807, 2.05) is 49.3 Å². The van der Waals surface area contributed by atoms with Gasteiger partial charge in [0.2, 0.25) is 0 Å². The fraction of sp³-hybridized carbons (Fsp3) is 0.350. The van der Waals surface area contributed by atoms with Crippen LogP contribution in [0.2, 0.25) is 0 Å². The van der Waals surface area contributed by atoms with Crippen LogP contribution < -0.4 is 14.8 Å². The van der Waals surface area contributed by atoms with Crippen molar-refractivity contribution in [1.29, 1.82) is 0 Å². The van der Waals surface area contributed by atoms with Crippen LogP contribution in [0.15, 0.2) is 54.6 Å². The number of nitrogens with zero attached hydrogens (tertiary/aromatic N) is 1. The summed E-state index contributed by atoms with van der Waals surface area (Å²) in [5.74, 6) is 1.23. The van der Waals surface area contributed by atoms with Gasteiger partial charge < -0.3 is 19.7 Å². The first-order valence-corrected chi connectivity index (χ1v) is 8.30. The molecule has 0 saturated carbocycles. The smallest absolute Gasteiger partial charge is 0.261 e. The number of ether oxygens (including phenoxy) is 2. The number of carbonyl (C=O) groups is 1. The number of hydrogen-bond acceptors (Lipinski definition) is 4. The minimum atomic E-state index is -0.596. The molecule has 5 nitrogen and oxygen atoms in total. The monoisotopic (exact) mass is 342 g/mol. The first-order valence-electron chi connectivity index (χ1n) is 8.30. The first-order chi connectivity index (χ1) is 12.0. The zero-order valence-electron chi connectivity index (χ0n) is 15.2. The second kappa shape index (κ2) is 9.08. The Morgan fingerprint density at radius 3 is 2.20 bits per heavy atom. The fourth-order valence-corrected chi connectivity index (χ4v) is 2.49. The van der Waals surface area contributed by atoms with Crippen molar-refractivity contribution in [1.82, 2.24) is 10.2 Å². The lowest BCUT2D eigenvalue weighted by atomic mass is 10.1. The van der Waals surface area contributed by atoms with Gasteiger partial charge in [0.25, 0.3) is 5.91 Å². The zero-order valence-corrected chi connectivity index (χ0v) is 15.2. The van der Waals surface area contributed by atoms with Crippen molar-refractivity contribution in [2.45, 2.75) is 19.1 Å². The quantitative estimate of drug-likeness (QED) is 0.801. The van der Waals surface area contributed by atoms with Gasteiger partial charge in [-0.05, 0) is 50.8 Å². The van der Waals surface area contributed by atoms with Gasteiger partial charge >= 0.3 is 0 Å². The molecule has 2 aromatic rings. The van der Waals surface area contributed by atoms with Gasteiger partial charge in [-0.2, -0.15) is 0 Å². The standard InChI is InChI=1S/C20H26N2O3/c1-15(25-18-12-10-17(24-4)11-13-18)20(23)21-19(14-22(2)3)16-8-6-5-7-9-16/h5-13,15,19H,14H2,1-4H3,(H,21,23)/t15-,19+/m1/s1. The number of nitrogens with one attached hydrogen (secondary N) is 1. The number of amides is 1. The van der Waals surface area contributed by atoms with Crippen LogP contribution in [0.1, 0.15) is 18.5 Å². The SMILES string of the molecule is COc1ccc(O[C@H](C)C(=O)N[C@@H](CN(C)C)c2ccccc2)cc1. The largest absolute Gasteiger partial charge is 0.497 e. The molecule has 0 spiro atoms. The van der Waals surface area contributed by atoms with E-state index in [-0.39, 0.29) is 11.9 Å². The van der Waals surface area contributed by atoms with Crippen LogP contribution >= 0.6 is 0 Å². The van der Waals surface area contributed by atoms with E-state index in [9.17, 15) is 4.79 Å². The molecule has 0 bridgehead atoms. The normalized spacial score (nSPS) is 13.2. The summed E-state index contributed by atoms with van der Waals surface area (Å²) in [6.45, 7) is 2.46. The van der Waals surface area contributed by atoms with Crippen molar-refractivity contribution in [3.05, 3.63) is 60.2 Å². The summed E-state index contributed by atoms with van der Waals surface area (Å²) in [5, 5.41) is 3.08. The summed E-state index contributed by atoms with van der Waals surface area (Å²) in [6.07, 6.45) is -0.596. The Balaban J connectivity index is 2.01. The number of hydrogen-bond donors (Lipinski definition) is 1. The molecule has 0 aromatic heterocycles. The molecular formula is C20H26N2O3. The second-order valence-electron chi connectivity index (χ2n) is 6.17. The number of rotatable bonds is 8. The Hall–Kier alpha value is -2.53. The van der Waals surface area contributed by atoms with E-state index in [1.165, 1.54) is 0 Å². The molecule has 0 aliphatic rings. The molecule has 0 aliphatic heterocycles. The minimum Gasteiger partial charge on any atom is -0.497 e. The molecule has 0 radical (unpaired) electrons. The molecule has 1 N–H and O–H groups in total. The Morgan fingerprint density at radius 1 is 1.04 bits per heavy atom. The lowest BCUT2D eigenvalue weighted by Crippen LogP contribution is -2.41. The van der Waals surface area contributed by atoms with Crippen molar-refractivity contribution >= 4 is 5.91 Å². The average Bonchev–Trinajstić information content (AvgIpc) is 2.62. The summed E-state index contributed by atoms with van der Waals surface area (Å²) in [4.78, 5) is 14.6. The summed E-state index contributed by atoms with van der Waals surface area (Å²) >= 11 is 0. The van der Waals surface area contributed by atoms with Gasteiger partial charge in [0.05, 0.1) is 13.2 Å². The van der Waals surface area contributed by atoms with E-state index >= 15 is 0 Å². The lowest BCUT2D eigenvalue weighted by molar-refractivity contribution is -0.128. The zero-order chi connectivity index (χ0) is 18.2. The molecule has 1 amide bonds. The highest BCUT2D eigenvalue weighted by molar-refractivity contribution is 5.81. The predicted molar refractivity (Wildman–Crippen MR) is 99.0 cm³/mol. The molecule has 25 heavy (non-hydrogen) atoms. The predicted octanol–water partition coefficient (Wildman–Crippen LogP) is 2.88. The molecule has 0 unspecified atom stereocenters. The van der Waals surface area contributed by atoms with Crippen molar-refractivity contribution in [3.8, 4) is 11.5 Å². The topological polar surface area (TPSA) is 50.8 Å². The highest BCUT2D eigenvalue weighted by atomic mass is 16.5. The van der Waals surface area contributed by atoms with E-state index in [1.54, 1.807) is 38.3 Å². The summed E-state index contributed by atoms with van der Waals surface area (Å²) in [7, 11) is 5.58. The molecule has 2 atom stereocenters. The highest BCUT2D eigenvalue weighted by Crippen LogP contribution is 2.19. The second-order valence-corrected chi connectivity index (χ2v) is 6.17. The molecule has 2 aromatic carbocycles.